The zero-order chi connectivity index (χ0) is 20.0. The van der Waals surface area contributed by atoms with Gasteiger partial charge in [-0.1, -0.05) is 50.5 Å². The lowest BCUT2D eigenvalue weighted by Crippen LogP contribution is -2.42. The Bertz CT molecular complexity index is 577. The molecule has 1 heterocycles. The average Bonchev–Trinajstić information content (AvgIpc) is 2.72. The maximum absolute atomic E-state index is 6.05. The van der Waals surface area contributed by atoms with Crippen molar-refractivity contribution < 1.29 is 9.47 Å². The average molecular weight is 517 g/mol. The molecule has 0 bridgehead atoms. The third kappa shape index (κ3) is 11.2. The van der Waals surface area contributed by atoms with Gasteiger partial charge < -0.3 is 20.1 Å². The fourth-order valence-electron chi connectivity index (χ4n) is 3.37. The molecular weight excluding hydrogens is 477 g/mol. The van der Waals surface area contributed by atoms with Crippen molar-refractivity contribution in [3.8, 4) is 0 Å². The molecule has 1 aromatic carbocycles. The van der Waals surface area contributed by atoms with Crippen LogP contribution in [0.15, 0.2) is 29.3 Å². The molecule has 0 saturated carbocycles. The summed E-state index contributed by atoms with van der Waals surface area (Å²) in [5, 5.41) is 6.89. The van der Waals surface area contributed by atoms with Crippen LogP contribution in [0, 0.1) is 0 Å². The highest BCUT2D eigenvalue weighted by atomic mass is 127. The summed E-state index contributed by atoms with van der Waals surface area (Å²) in [6.07, 6.45) is 7.32. The van der Waals surface area contributed by atoms with Crippen molar-refractivity contribution in [3.63, 3.8) is 0 Å². The number of hydrogen-bond acceptors (Lipinski definition) is 3. The van der Waals surface area contributed by atoms with Crippen molar-refractivity contribution >= 4 is 29.9 Å². The summed E-state index contributed by atoms with van der Waals surface area (Å²) < 4.78 is 11.4. The molecule has 1 aromatic rings. The number of nitrogens with one attached hydrogen (secondary N) is 2. The second-order valence-electron chi connectivity index (χ2n) is 7.68. The van der Waals surface area contributed by atoms with Gasteiger partial charge in [0, 0.05) is 25.8 Å². The van der Waals surface area contributed by atoms with E-state index in [1.165, 1.54) is 36.8 Å². The Hall–Kier alpha value is -0.860. The van der Waals surface area contributed by atoms with E-state index >= 15 is 0 Å². The molecule has 29 heavy (non-hydrogen) atoms. The molecule has 2 rings (SSSR count). The van der Waals surface area contributed by atoms with Crippen LogP contribution < -0.4 is 10.6 Å². The van der Waals surface area contributed by atoms with E-state index in [9.17, 15) is 0 Å². The maximum atomic E-state index is 6.05. The third-order valence-corrected chi connectivity index (χ3v) is 5.03. The Balaban J connectivity index is 0.00000420. The van der Waals surface area contributed by atoms with Crippen molar-refractivity contribution in [1.82, 2.24) is 10.6 Å². The summed E-state index contributed by atoms with van der Waals surface area (Å²) in [5.41, 5.74) is 2.43. The molecular formula is C23H40IN3O2. The lowest BCUT2D eigenvalue weighted by Gasteiger charge is -2.22. The molecule has 1 aliphatic heterocycles. The third-order valence-electron chi connectivity index (χ3n) is 5.03. The molecule has 0 radical (unpaired) electrons. The van der Waals surface area contributed by atoms with Gasteiger partial charge in [-0.15, -0.1) is 24.0 Å². The zero-order valence-electron chi connectivity index (χ0n) is 18.4. The van der Waals surface area contributed by atoms with E-state index in [-0.39, 0.29) is 24.0 Å². The van der Waals surface area contributed by atoms with Gasteiger partial charge >= 0.3 is 0 Å². The van der Waals surface area contributed by atoms with Crippen molar-refractivity contribution in [2.24, 2.45) is 4.99 Å². The molecule has 1 saturated heterocycles. The number of ether oxygens (including phenoxy) is 2. The predicted octanol–water partition coefficient (Wildman–Crippen LogP) is 5.02. The van der Waals surface area contributed by atoms with Crippen LogP contribution in [0.3, 0.4) is 0 Å². The normalized spacial score (nSPS) is 16.2. The van der Waals surface area contributed by atoms with Crippen LogP contribution in [0.4, 0.5) is 0 Å². The molecule has 0 aromatic heterocycles. The largest absolute Gasteiger partial charge is 0.381 e. The highest BCUT2D eigenvalue weighted by Gasteiger charge is 2.14. The predicted molar refractivity (Wildman–Crippen MR) is 132 cm³/mol. The van der Waals surface area contributed by atoms with Crippen LogP contribution in [0.1, 0.15) is 70.4 Å². The number of nitrogens with zero attached hydrogens (tertiary/aromatic N) is 1. The van der Waals surface area contributed by atoms with Crippen LogP contribution in [0.25, 0.3) is 0 Å². The molecule has 1 unspecified atom stereocenters. The van der Waals surface area contributed by atoms with Crippen molar-refractivity contribution in [2.45, 2.75) is 84.6 Å². The molecule has 0 spiro atoms. The summed E-state index contributed by atoms with van der Waals surface area (Å²) in [7, 11) is 0. The fraction of sp³-hybridized carbons (Fsp3) is 0.696. The van der Waals surface area contributed by atoms with E-state index in [1.807, 2.05) is 0 Å². The van der Waals surface area contributed by atoms with Gasteiger partial charge in [-0.3, -0.25) is 0 Å². The number of guanidine groups is 1. The second kappa shape index (κ2) is 15.9. The Labute approximate surface area is 194 Å². The molecule has 166 valence electrons. The summed E-state index contributed by atoms with van der Waals surface area (Å²) in [6, 6.07) is 9.00. The van der Waals surface area contributed by atoms with Gasteiger partial charge in [-0.05, 0) is 44.2 Å². The van der Waals surface area contributed by atoms with Gasteiger partial charge in [0.2, 0.25) is 0 Å². The van der Waals surface area contributed by atoms with Crippen molar-refractivity contribution in [1.29, 1.82) is 0 Å². The van der Waals surface area contributed by atoms with Crippen LogP contribution >= 0.6 is 24.0 Å². The number of aliphatic imine (C=N–C) groups is 1. The van der Waals surface area contributed by atoms with E-state index in [4.69, 9.17) is 14.5 Å². The van der Waals surface area contributed by atoms with Crippen molar-refractivity contribution in [2.75, 3.05) is 19.8 Å². The van der Waals surface area contributed by atoms with E-state index in [0.717, 1.165) is 38.6 Å². The van der Waals surface area contributed by atoms with E-state index < -0.39 is 0 Å². The first-order valence-corrected chi connectivity index (χ1v) is 11.0. The number of rotatable bonds is 11. The minimum absolute atomic E-state index is 0. The highest BCUT2D eigenvalue weighted by molar-refractivity contribution is 14.0. The van der Waals surface area contributed by atoms with Gasteiger partial charge in [0.1, 0.15) is 0 Å². The maximum Gasteiger partial charge on any atom is 0.191 e. The van der Waals surface area contributed by atoms with E-state index in [1.54, 1.807) is 0 Å². The Morgan fingerprint density at radius 1 is 1.21 bits per heavy atom. The summed E-state index contributed by atoms with van der Waals surface area (Å²) in [5.74, 6) is 0.898. The molecule has 1 atom stereocenters. The van der Waals surface area contributed by atoms with Gasteiger partial charge in [-0.25, -0.2) is 4.99 Å². The van der Waals surface area contributed by atoms with E-state index in [0.29, 0.717) is 25.3 Å². The molecule has 0 aliphatic carbocycles. The van der Waals surface area contributed by atoms with Crippen LogP contribution in [-0.4, -0.2) is 37.9 Å². The van der Waals surface area contributed by atoms with E-state index in [2.05, 4.69) is 55.7 Å². The van der Waals surface area contributed by atoms with Crippen LogP contribution in [-0.2, 0) is 22.6 Å². The first-order valence-electron chi connectivity index (χ1n) is 11.0. The van der Waals surface area contributed by atoms with Crippen LogP contribution in [0.2, 0.25) is 0 Å². The molecule has 5 nitrogen and oxygen atoms in total. The topological polar surface area (TPSA) is 54.9 Å². The van der Waals surface area contributed by atoms with Gasteiger partial charge in [0.25, 0.3) is 0 Å². The first-order chi connectivity index (χ1) is 13.7. The smallest absolute Gasteiger partial charge is 0.191 e. The summed E-state index contributed by atoms with van der Waals surface area (Å²) >= 11 is 0. The lowest BCUT2D eigenvalue weighted by atomic mass is 10.1. The minimum atomic E-state index is 0. The van der Waals surface area contributed by atoms with Gasteiger partial charge in [0.15, 0.2) is 5.96 Å². The molecule has 6 heteroatoms. The number of halogens is 1. The lowest BCUT2D eigenvalue weighted by molar-refractivity contribution is -0.0390. The fourth-order valence-corrected chi connectivity index (χ4v) is 3.37. The molecule has 0 amide bonds. The van der Waals surface area contributed by atoms with Gasteiger partial charge in [0.05, 0.1) is 19.3 Å². The van der Waals surface area contributed by atoms with Crippen molar-refractivity contribution in [3.05, 3.63) is 35.4 Å². The molecule has 1 aliphatic rings. The molecule has 2 N–H and O–H groups in total. The Morgan fingerprint density at radius 2 is 1.97 bits per heavy atom. The first kappa shape index (κ1) is 26.2. The second-order valence-corrected chi connectivity index (χ2v) is 7.68. The highest BCUT2D eigenvalue weighted by Crippen LogP contribution is 2.14. The minimum Gasteiger partial charge on any atom is -0.381 e. The quantitative estimate of drug-likeness (QED) is 0.187. The molecule has 1 fully saturated rings. The number of benzene rings is 1. The SMILES string of the molecule is CCCCCC(C)NC(=NCc1cccc(COC2CCOCC2)c1)NCC.I. The van der Waals surface area contributed by atoms with Crippen LogP contribution in [0.5, 0.6) is 0 Å². The summed E-state index contributed by atoms with van der Waals surface area (Å²) in [6.45, 7) is 10.4. The zero-order valence-corrected chi connectivity index (χ0v) is 20.7. The van der Waals surface area contributed by atoms with Gasteiger partial charge in [-0.2, -0.15) is 0 Å². The number of hydrogen-bond donors (Lipinski definition) is 2. The standard InChI is InChI=1S/C23H39N3O2.HI/c1-4-6-7-9-19(3)26-23(24-5-2)25-17-20-10-8-11-21(16-20)18-28-22-12-14-27-15-13-22;/h8,10-11,16,19,22H,4-7,9,12-15,17-18H2,1-3H3,(H2,24,25,26);1H. The Morgan fingerprint density at radius 3 is 2.69 bits per heavy atom. The number of unbranched alkanes of at least 4 members (excludes halogenated alkanes) is 2. The monoisotopic (exact) mass is 517 g/mol. The summed E-state index contributed by atoms with van der Waals surface area (Å²) in [4.78, 5) is 4.78. The Kier molecular flexibility index (Phi) is 14.4.